The van der Waals surface area contributed by atoms with E-state index in [1.54, 1.807) is 0 Å². The summed E-state index contributed by atoms with van der Waals surface area (Å²) in [6.45, 7) is 1.28. The monoisotopic (exact) mass is 336 g/mol. The predicted octanol–water partition coefficient (Wildman–Crippen LogP) is 3.30. The van der Waals surface area contributed by atoms with E-state index in [1.165, 1.54) is 6.92 Å². The molecule has 0 aliphatic carbocycles. The molecule has 0 radical (unpaired) electrons. The van der Waals surface area contributed by atoms with Crippen LogP contribution < -0.4 is 0 Å². The first-order chi connectivity index (χ1) is 9.26. The predicted molar refractivity (Wildman–Crippen MR) is 65.4 cm³/mol. The van der Waals surface area contributed by atoms with Gasteiger partial charge in [0.05, 0.1) is 6.61 Å². The highest BCUT2D eigenvalue weighted by atomic mass is 32.5. The smallest absolute Gasteiger partial charge is 0.338 e. The molecule has 0 heterocycles. The molecule has 2 N–H and O–H groups in total. The number of hydrogen-bond donors (Lipinski definition) is 2. The molecule has 0 aromatic heterocycles. The largest absolute Gasteiger partial charge is 0.464 e. The maximum Gasteiger partial charge on any atom is 0.338 e. The molecule has 1 rings (SSSR count). The number of halogens is 5. The second-order valence-electron chi connectivity index (χ2n) is 4.18. The van der Waals surface area contributed by atoms with E-state index in [1.807, 2.05) is 0 Å². The highest BCUT2D eigenvalue weighted by molar-refractivity contribution is 8.45. The van der Waals surface area contributed by atoms with E-state index in [9.17, 15) is 34.4 Å². The van der Waals surface area contributed by atoms with E-state index in [-0.39, 0.29) is 18.7 Å². The molecule has 0 spiro atoms. The molecule has 0 saturated carbocycles. The minimum absolute atomic E-state index is 0.00529. The first kappa shape index (κ1) is 17.7. The minimum Gasteiger partial charge on any atom is -0.464 e. The van der Waals surface area contributed by atoms with Crippen LogP contribution in [0.1, 0.15) is 18.6 Å². The van der Waals surface area contributed by atoms with Crippen molar-refractivity contribution in [2.24, 2.45) is 0 Å². The zero-order valence-electron chi connectivity index (χ0n) is 10.7. The first-order valence-electron chi connectivity index (χ1n) is 5.63. The van der Waals surface area contributed by atoms with Crippen LogP contribution in [0.5, 0.6) is 0 Å². The Morgan fingerprint density at radius 2 is 1.81 bits per heavy atom. The van der Waals surface area contributed by atoms with Gasteiger partial charge < -0.3 is 14.9 Å². The van der Waals surface area contributed by atoms with Crippen LogP contribution in [0.3, 0.4) is 0 Å². The van der Waals surface area contributed by atoms with Crippen molar-refractivity contribution in [3.63, 3.8) is 0 Å². The van der Waals surface area contributed by atoms with Crippen LogP contribution in [0.15, 0.2) is 29.2 Å². The van der Waals surface area contributed by atoms with Crippen LogP contribution in [0.4, 0.5) is 19.4 Å². The Hall–Kier alpha value is -1.39. The number of ether oxygens (including phenoxy) is 1. The fourth-order valence-electron chi connectivity index (χ4n) is 1.48. The second-order valence-corrected chi connectivity index (χ2v) is 6.59. The Labute approximate surface area is 116 Å². The summed E-state index contributed by atoms with van der Waals surface area (Å²) < 4.78 is 67.5. The average Bonchev–Trinajstić information content (AvgIpc) is 2.35. The van der Waals surface area contributed by atoms with Gasteiger partial charge in [0.15, 0.2) is 6.10 Å². The number of aliphatic hydroxyl groups excluding tert-OH is 2. The van der Waals surface area contributed by atoms with E-state index >= 15 is 0 Å². The molecule has 1 aromatic carbocycles. The molecular weight excluding hydrogens is 323 g/mol. The lowest BCUT2D eigenvalue weighted by molar-refractivity contribution is -0.159. The molecule has 0 aliphatic rings. The van der Waals surface area contributed by atoms with Crippen LogP contribution in [0, 0.1) is 0 Å². The van der Waals surface area contributed by atoms with Gasteiger partial charge in [-0.3, -0.25) is 0 Å². The van der Waals surface area contributed by atoms with Gasteiger partial charge in [-0.05, 0) is 24.6 Å². The number of esters is 1. The van der Waals surface area contributed by atoms with Gasteiger partial charge in [-0.15, -0.1) is 0 Å². The minimum atomic E-state index is -9.91. The zero-order valence-corrected chi connectivity index (χ0v) is 11.5. The molecule has 0 amide bonds. The molecule has 0 aliphatic heterocycles. The molecule has 122 valence electrons. The van der Waals surface area contributed by atoms with Crippen LogP contribution in [0.25, 0.3) is 0 Å². The Morgan fingerprint density at radius 3 is 2.29 bits per heavy atom. The van der Waals surface area contributed by atoms with E-state index in [2.05, 4.69) is 4.74 Å². The highest BCUT2D eigenvalue weighted by Crippen LogP contribution is 3.02. The Morgan fingerprint density at radius 1 is 1.24 bits per heavy atom. The Bertz CT molecular complexity index is 545. The molecule has 0 fully saturated rings. The van der Waals surface area contributed by atoms with Gasteiger partial charge in [-0.25, -0.2) is 4.79 Å². The van der Waals surface area contributed by atoms with Crippen molar-refractivity contribution in [1.82, 2.24) is 0 Å². The number of carbonyl (C=O) groups is 1. The van der Waals surface area contributed by atoms with Crippen LogP contribution in [0.2, 0.25) is 0 Å². The van der Waals surface area contributed by atoms with Crippen molar-refractivity contribution in [3.05, 3.63) is 29.8 Å². The third kappa shape index (κ3) is 4.55. The standard InChI is InChI=1S/C11H13F5O4S/c1-2-20-11(19)10(18)9(17)7-4-3-5-8(6-7)21(12,13,14,15)16/h3-6,9-10,17-18H,2H2,1H3. The Balaban J connectivity index is 3.15. The zero-order chi connectivity index (χ0) is 16.5. The molecule has 2 unspecified atom stereocenters. The number of benzene rings is 1. The van der Waals surface area contributed by atoms with Crippen LogP contribution in [-0.4, -0.2) is 28.9 Å². The molecule has 1 aromatic rings. The molecule has 21 heavy (non-hydrogen) atoms. The maximum atomic E-state index is 12.6. The van der Waals surface area contributed by atoms with Crippen LogP contribution in [-0.2, 0) is 9.53 Å². The lowest BCUT2D eigenvalue weighted by atomic mass is 10.0. The van der Waals surface area contributed by atoms with Crippen LogP contribution >= 0.6 is 10.2 Å². The first-order valence-corrected chi connectivity index (χ1v) is 7.58. The fourth-order valence-corrected chi connectivity index (χ4v) is 2.17. The van der Waals surface area contributed by atoms with Crippen molar-refractivity contribution >= 4 is 16.2 Å². The molecule has 4 nitrogen and oxygen atoms in total. The Kier molecular flexibility index (Phi) is 4.05. The molecule has 0 saturated heterocycles. The van der Waals surface area contributed by atoms with Crippen molar-refractivity contribution in [2.45, 2.75) is 24.0 Å². The van der Waals surface area contributed by atoms with Gasteiger partial charge >= 0.3 is 16.2 Å². The average molecular weight is 336 g/mol. The third-order valence-corrected chi connectivity index (χ3v) is 3.62. The van der Waals surface area contributed by atoms with Gasteiger partial charge in [0.1, 0.15) is 11.0 Å². The summed E-state index contributed by atoms with van der Waals surface area (Å²) in [5, 5.41) is 19.0. The summed E-state index contributed by atoms with van der Waals surface area (Å²) in [5.41, 5.74) is -0.679. The molecule has 2 atom stereocenters. The van der Waals surface area contributed by atoms with Gasteiger partial charge in [0, 0.05) is 0 Å². The lowest BCUT2D eigenvalue weighted by Gasteiger charge is -2.40. The second kappa shape index (κ2) is 4.82. The summed E-state index contributed by atoms with van der Waals surface area (Å²) in [7, 11) is -9.91. The third-order valence-electron chi connectivity index (χ3n) is 2.47. The molecule has 10 heteroatoms. The van der Waals surface area contributed by atoms with Crippen molar-refractivity contribution in [2.75, 3.05) is 6.61 Å². The summed E-state index contributed by atoms with van der Waals surface area (Å²) >= 11 is 0. The quantitative estimate of drug-likeness (QED) is 0.639. The summed E-state index contributed by atoms with van der Waals surface area (Å²) in [4.78, 5) is 8.95. The number of hydrogen-bond acceptors (Lipinski definition) is 4. The SMILES string of the molecule is CCOC(=O)C(O)C(O)c1cccc(S(F)(F)(F)(F)F)c1. The number of rotatable bonds is 5. The molecular formula is C11H13F5O4S. The fraction of sp³-hybridized carbons (Fsp3) is 0.364. The van der Waals surface area contributed by atoms with Gasteiger partial charge in [0.2, 0.25) is 0 Å². The molecule has 0 bridgehead atoms. The normalized spacial score (nSPS) is 18.3. The summed E-state index contributed by atoms with van der Waals surface area (Å²) in [6, 6.07) is 1.66. The van der Waals surface area contributed by atoms with Gasteiger partial charge in [0.25, 0.3) is 0 Å². The van der Waals surface area contributed by atoms with Crippen molar-refractivity contribution in [3.8, 4) is 0 Å². The van der Waals surface area contributed by atoms with Crippen molar-refractivity contribution in [1.29, 1.82) is 0 Å². The van der Waals surface area contributed by atoms with Crippen molar-refractivity contribution < 1.29 is 39.2 Å². The highest BCUT2D eigenvalue weighted by Gasteiger charge is 2.65. The summed E-state index contributed by atoms with van der Waals surface area (Å²) in [5.74, 6) is -1.28. The maximum absolute atomic E-state index is 12.6. The van der Waals surface area contributed by atoms with Gasteiger partial charge in [-0.2, -0.15) is 0 Å². The number of aliphatic hydroxyl groups is 2. The number of carbonyl (C=O) groups excluding carboxylic acids is 1. The summed E-state index contributed by atoms with van der Waals surface area (Å²) in [6.07, 6.45) is -4.30. The van der Waals surface area contributed by atoms with E-state index in [0.717, 1.165) is 6.07 Å². The van der Waals surface area contributed by atoms with E-state index in [4.69, 9.17) is 0 Å². The lowest BCUT2D eigenvalue weighted by Crippen LogP contribution is -2.30. The van der Waals surface area contributed by atoms with E-state index in [0.29, 0.717) is 6.07 Å². The topological polar surface area (TPSA) is 66.8 Å². The van der Waals surface area contributed by atoms with Gasteiger partial charge in [-0.1, -0.05) is 31.6 Å². The van der Waals surface area contributed by atoms with E-state index < -0.39 is 38.9 Å².